The first-order valence-electron chi connectivity index (χ1n) is 12.4. The maximum absolute atomic E-state index is 12.7. The van der Waals surface area contributed by atoms with Crippen LogP contribution in [-0.2, 0) is 14.3 Å². The number of rotatable bonds is 17. The largest absolute Gasteiger partial charge is 0.481 e. The molecule has 1 rings (SSSR count). The maximum Gasteiger partial charge on any atom is 0.315 e. The van der Waals surface area contributed by atoms with E-state index in [-0.39, 0.29) is 18.2 Å². The Labute approximate surface area is 194 Å². The van der Waals surface area contributed by atoms with Crippen LogP contribution in [0.4, 0.5) is 5.69 Å². The van der Waals surface area contributed by atoms with Crippen molar-refractivity contribution in [2.75, 3.05) is 19.8 Å². The van der Waals surface area contributed by atoms with Gasteiger partial charge >= 0.3 is 5.97 Å². The highest BCUT2D eigenvalue weighted by Crippen LogP contribution is 2.20. The third-order valence-corrected chi connectivity index (χ3v) is 5.12. The number of aliphatic imine (C=N–C) groups is 1. The van der Waals surface area contributed by atoms with Crippen LogP contribution >= 0.6 is 0 Å². The van der Waals surface area contributed by atoms with Crippen LogP contribution in [0.25, 0.3) is 0 Å². The Kier molecular flexibility index (Phi) is 15.8. The topological polar surface area (TPSA) is 77.0 Å². The van der Waals surface area contributed by atoms with Crippen LogP contribution in [0.1, 0.15) is 102 Å². The van der Waals surface area contributed by atoms with Crippen molar-refractivity contribution in [1.82, 2.24) is 5.32 Å². The Morgan fingerprint density at radius 3 is 2.03 bits per heavy atom. The van der Waals surface area contributed by atoms with Crippen molar-refractivity contribution >= 4 is 23.5 Å². The molecular formula is C26H42N2O4. The molecule has 0 radical (unpaired) electrons. The normalized spacial score (nSPS) is 11.3. The average molecular weight is 447 g/mol. The number of ether oxygens (including phenoxy) is 2. The van der Waals surface area contributed by atoms with Crippen molar-refractivity contribution in [2.45, 2.75) is 91.4 Å². The van der Waals surface area contributed by atoms with E-state index >= 15 is 0 Å². The third kappa shape index (κ3) is 12.5. The highest BCUT2D eigenvalue weighted by Gasteiger charge is 2.14. The average Bonchev–Trinajstić information content (AvgIpc) is 2.78. The van der Waals surface area contributed by atoms with Gasteiger partial charge in [-0.25, -0.2) is 4.99 Å². The van der Waals surface area contributed by atoms with Crippen LogP contribution in [0.15, 0.2) is 29.3 Å². The lowest BCUT2D eigenvalue weighted by Gasteiger charge is -2.10. The van der Waals surface area contributed by atoms with Gasteiger partial charge in [-0.1, -0.05) is 76.8 Å². The second-order valence-electron chi connectivity index (χ2n) is 7.88. The lowest BCUT2D eigenvalue weighted by molar-refractivity contribution is -0.141. The van der Waals surface area contributed by atoms with E-state index in [0.717, 1.165) is 12.8 Å². The number of amides is 1. The fourth-order valence-electron chi connectivity index (χ4n) is 3.43. The molecule has 1 N–H and O–H groups in total. The summed E-state index contributed by atoms with van der Waals surface area (Å²) in [6.45, 7) is 7.15. The Morgan fingerprint density at radius 2 is 1.41 bits per heavy atom. The number of para-hydroxylation sites is 1. The lowest BCUT2D eigenvalue weighted by atomic mass is 10.1. The zero-order chi connectivity index (χ0) is 23.4. The first-order valence-corrected chi connectivity index (χ1v) is 12.4. The molecule has 0 aliphatic heterocycles. The fraction of sp³-hybridized carbons (Fsp3) is 0.654. The number of unbranched alkanes of at least 4 members (excludes halogenated alkanes) is 9. The minimum Gasteiger partial charge on any atom is -0.481 e. The van der Waals surface area contributed by atoms with Gasteiger partial charge in [0.25, 0.3) is 5.91 Å². The van der Waals surface area contributed by atoms with Crippen molar-refractivity contribution in [1.29, 1.82) is 0 Å². The van der Waals surface area contributed by atoms with Gasteiger partial charge in [-0.3, -0.25) is 9.59 Å². The van der Waals surface area contributed by atoms with Crippen molar-refractivity contribution < 1.29 is 19.1 Å². The summed E-state index contributed by atoms with van der Waals surface area (Å²) in [4.78, 5) is 28.9. The number of hydrogen-bond donors (Lipinski definition) is 1. The van der Waals surface area contributed by atoms with Crippen LogP contribution in [0, 0.1) is 0 Å². The molecule has 180 valence electrons. The van der Waals surface area contributed by atoms with Crippen molar-refractivity contribution in [3.63, 3.8) is 0 Å². The first-order chi connectivity index (χ1) is 15.6. The number of carbonyl (C=O) groups is 2. The molecule has 1 amide bonds. The predicted molar refractivity (Wildman–Crippen MR) is 131 cm³/mol. The number of nitrogens with zero attached hydrogens (tertiary/aromatic N) is 1. The molecule has 32 heavy (non-hydrogen) atoms. The summed E-state index contributed by atoms with van der Waals surface area (Å²) < 4.78 is 10.5. The van der Waals surface area contributed by atoms with Crippen molar-refractivity contribution in [2.24, 2.45) is 4.99 Å². The van der Waals surface area contributed by atoms with E-state index < -0.39 is 5.97 Å². The molecule has 6 heteroatoms. The van der Waals surface area contributed by atoms with E-state index in [1.165, 1.54) is 51.4 Å². The van der Waals surface area contributed by atoms with Crippen LogP contribution in [0.3, 0.4) is 0 Å². The highest BCUT2D eigenvalue weighted by molar-refractivity contribution is 6.01. The van der Waals surface area contributed by atoms with Gasteiger partial charge in [0.15, 0.2) is 5.90 Å². The summed E-state index contributed by atoms with van der Waals surface area (Å²) in [5.41, 5.74) is 0.960. The quantitative estimate of drug-likeness (QED) is 0.131. The second kappa shape index (κ2) is 18.2. The summed E-state index contributed by atoms with van der Waals surface area (Å²) in [6, 6.07) is 7.10. The van der Waals surface area contributed by atoms with Crippen LogP contribution < -0.4 is 5.32 Å². The number of benzene rings is 1. The summed E-state index contributed by atoms with van der Waals surface area (Å²) in [5, 5.41) is 2.99. The Bertz CT molecular complexity index is 688. The lowest BCUT2D eigenvalue weighted by Crippen LogP contribution is -2.24. The molecule has 1 aromatic rings. The zero-order valence-electron chi connectivity index (χ0n) is 20.3. The molecule has 0 saturated carbocycles. The van der Waals surface area contributed by atoms with Crippen LogP contribution in [0.5, 0.6) is 0 Å². The summed E-state index contributed by atoms with van der Waals surface area (Å²) in [7, 11) is 0. The van der Waals surface area contributed by atoms with E-state index in [2.05, 4.69) is 17.2 Å². The molecule has 0 saturated heterocycles. The molecule has 0 aromatic heterocycles. The SMILES string of the molecule is CCCCCCCCCCCCNC(=O)c1ccccc1N=C(CC(=O)OCC)OCC. The molecule has 0 spiro atoms. The third-order valence-electron chi connectivity index (χ3n) is 5.12. The monoisotopic (exact) mass is 446 g/mol. The molecule has 1 aromatic carbocycles. The van der Waals surface area contributed by atoms with E-state index in [1.54, 1.807) is 25.1 Å². The molecular weight excluding hydrogens is 404 g/mol. The molecule has 0 heterocycles. The van der Waals surface area contributed by atoms with Gasteiger partial charge in [0.05, 0.1) is 24.5 Å². The van der Waals surface area contributed by atoms with E-state index in [9.17, 15) is 9.59 Å². The number of nitrogens with one attached hydrogen (secondary N) is 1. The standard InChI is InChI=1S/C26H42N2O4/c1-4-7-8-9-10-11-12-13-14-17-20-27-26(30)22-18-15-16-19-23(22)28-24(31-5-2)21-25(29)32-6-3/h15-16,18-19H,4-14,17,20-21H2,1-3H3,(H,27,30). The van der Waals surface area contributed by atoms with Crippen LogP contribution in [0.2, 0.25) is 0 Å². The maximum atomic E-state index is 12.7. The summed E-state index contributed by atoms with van der Waals surface area (Å²) in [6.07, 6.45) is 12.6. The molecule has 0 fully saturated rings. The molecule has 0 aliphatic rings. The van der Waals surface area contributed by atoms with E-state index in [1.807, 2.05) is 13.0 Å². The second-order valence-corrected chi connectivity index (χ2v) is 7.88. The first kappa shape index (κ1) is 27.7. The minimum absolute atomic E-state index is 0.0593. The Hall–Kier alpha value is -2.37. The fourth-order valence-corrected chi connectivity index (χ4v) is 3.43. The smallest absolute Gasteiger partial charge is 0.315 e. The van der Waals surface area contributed by atoms with E-state index in [0.29, 0.717) is 31.0 Å². The van der Waals surface area contributed by atoms with Gasteiger partial charge in [0.2, 0.25) is 0 Å². The number of hydrogen-bond acceptors (Lipinski definition) is 5. The number of esters is 1. The van der Waals surface area contributed by atoms with Gasteiger partial charge in [-0.2, -0.15) is 0 Å². The van der Waals surface area contributed by atoms with Gasteiger partial charge in [0, 0.05) is 6.54 Å². The molecule has 6 nitrogen and oxygen atoms in total. The van der Waals surface area contributed by atoms with Gasteiger partial charge in [-0.15, -0.1) is 0 Å². The Morgan fingerprint density at radius 1 is 0.812 bits per heavy atom. The highest BCUT2D eigenvalue weighted by atomic mass is 16.5. The Balaban J connectivity index is 2.46. The molecule has 0 unspecified atom stereocenters. The molecule has 0 aliphatic carbocycles. The van der Waals surface area contributed by atoms with Crippen LogP contribution in [-0.4, -0.2) is 37.5 Å². The van der Waals surface area contributed by atoms with Gasteiger partial charge in [0.1, 0.15) is 6.42 Å². The van der Waals surface area contributed by atoms with Gasteiger partial charge < -0.3 is 14.8 Å². The summed E-state index contributed by atoms with van der Waals surface area (Å²) in [5.74, 6) is -0.309. The van der Waals surface area contributed by atoms with Crippen molar-refractivity contribution in [3.8, 4) is 0 Å². The summed E-state index contributed by atoms with van der Waals surface area (Å²) >= 11 is 0. The molecule has 0 bridgehead atoms. The van der Waals surface area contributed by atoms with Gasteiger partial charge in [-0.05, 0) is 32.4 Å². The number of carbonyl (C=O) groups excluding carboxylic acids is 2. The predicted octanol–water partition coefficient (Wildman–Crippen LogP) is 6.36. The van der Waals surface area contributed by atoms with Crippen molar-refractivity contribution in [3.05, 3.63) is 29.8 Å². The minimum atomic E-state index is -0.400. The van der Waals surface area contributed by atoms with E-state index in [4.69, 9.17) is 9.47 Å². The molecule has 0 atom stereocenters. The zero-order valence-corrected chi connectivity index (χ0v) is 20.3.